The number of thiophene rings is 1. The van der Waals surface area contributed by atoms with Gasteiger partial charge in [0.25, 0.3) is 10.0 Å². The molecule has 3 rings (SSSR count). The van der Waals surface area contributed by atoms with E-state index in [0.717, 1.165) is 16.9 Å². The van der Waals surface area contributed by atoms with Gasteiger partial charge in [0.05, 0.1) is 0 Å². The van der Waals surface area contributed by atoms with Crippen molar-refractivity contribution in [1.29, 1.82) is 0 Å². The highest BCUT2D eigenvalue weighted by Gasteiger charge is 2.29. The molecule has 130 valence electrons. The number of hydrogen-bond acceptors (Lipinski definition) is 4. The first-order chi connectivity index (χ1) is 11.5. The molecule has 24 heavy (non-hydrogen) atoms. The molecule has 7 heteroatoms. The van der Waals surface area contributed by atoms with Crippen LogP contribution in [0.2, 0.25) is 0 Å². The normalized spacial score (nSPS) is 17.2. The molecule has 1 aromatic heterocycles. The van der Waals surface area contributed by atoms with Crippen LogP contribution in [0.1, 0.15) is 17.4 Å². The molecule has 0 unspecified atom stereocenters. The highest BCUT2D eigenvalue weighted by Crippen LogP contribution is 2.26. The summed E-state index contributed by atoms with van der Waals surface area (Å²) in [5, 5.41) is 0. The topological polar surface area (TPSA) is 40.6 Å². The summed E-state index contributed by atoms with van der Waals surface area (Å²) in [5.74, 6) is -0.239. The smallest absolute Gasteiger partial charge is 0.252 e. The van der Waals surface area contributed by atoms with Gasteiger partial charge in [0.15, 0.2) is 0 Å². The summed E-state index contributed by atoms with van der Waals surface area (Å²) >= 11 is 1.36. The quantitative estimate of drug-likeness (QED) is 0.815. The summed E-state index contributed by atoms with van der Waals surface area (Å²) in [5.41, 5.74) is 1.04. The molecule has 4 nitrogen and oxygen atoms in total. The Kier molecular flexibility index (Phi) is 5.34. The largest absolute Gasteiger partial charge is 0.296 e. The number of rotatable bonds is 5. The predicted octanol–water partition coefficient (Wildman–Crippen LogP) is 2.96. The minimum absolute atomic E-state index is 0.239. The van der Waals surface area contributed by atoms with Crippen molar-refractivity contribution in [3.63, 3.8) is 0 Å². The van der Waals surface area contributed by atoms with Crippen molar-refractivity contribution in [2.75, 3.05) is 26.2 Å². The van der Waals surface area contributed by atoms with Crippen molar-refractivity contribution in [1.82, 2.24) is 9.21 Å². The summed E-state index contributed by atoms with van der Waals surface area (Å²) in [4.78, 5) is 3.29. The van der Waals surface area contributed by atoms with Gasteiger partial charge in [-0.25, -0.2) is 12.8 Å². The Labute approximate surface area is 146 Å². The Morgan fingerprint density at radius 3 is 2.29 bits per heavy atom. The van der Waals surface area contributed by atoms with Gasteiger partial charge >= 0.3 is 0 Å². The van der Waals surface area contributed by atoms with E-state index in [1.165, 1.54) is 23.5 Å². The average Bonchev–Trinajstić information content (AvgIpc) is 3.07. The number of sulfonamides is 1. The SMILES string of the molecule is CCc1ccc(S(=O)(=O)N2CCN(Cc3ccc(F)cc3)CC2)s1. The summed E-state index contributed by atoms with van der Waals surface area (Å²) < 4.78 is 40.3. The Bertz CT molecular complexity index is 779. The van der Waals surface area contributed by atoms with Crippen molar-refractivity contribution in [2.24, 2.45) is 0 Å². The number of benzene rings is 1. The average molecular weight is 368 g/mol. The van der Waals surface area contributed by atoms with E-state index < -0.39 is 10.0 Å². The summed E-state index contributed by atoms with van der Waals surface area (Å²) in [7, 11) is -3.38. The van der Waals surface area contributed by atoms with Crippen LogP contribution in [0.25, 0.3) is 0 Å². The van der Waals surface area contributed by atoms with Gasteiger partial charge in [0.1, 0.15) is 10.0 Å². The Hall–Kier alpha value is -1.28. The van der Waals surface area contributed by atoms with E-state index in [-0.39, 0.29) is 5.82 Å². The molecule has 0 N–H and O–H groups in total. The summed E-state index contributed by atoms with van der Waals surface area (Å²) in [6.45, 7) is 5.08. The molecule has 0 amide bonds. The first-order valence-corrected chi connectivity index (χ1v) is 10.3. The maximum Gasteiger partial charge on any atom is 0.252 e. The van der Waals surface area contributed by atoms with Gasteiger partial charge < -0.3 is 0 Å². The van der Waals surface area contributed by atoms with Crippen LogP contribution >= 0.6 is 11.3 Å². The van der Waals surface area contributed by atoms with Crippen LogP contribution in [0.5, 0.6) is 0 Å². The molecule has 2 heterocycles. The molecule has 1 aliphatic rings. The highest BCUT2D eigenvalue weighted by molar-refractivity contribution is 7.91. The zero-order valence-electron chi connectivity index (χ0n) is 13.6. The van der Waals surface area contributed by atoms with Crippen molar-refractivity contribution in [3.05, 3.63) is 52.7 Å². The monoisotopic (exact) mass is 368 g/mol. The third kappa shape index (κ3) is 3.85. The van der Waals surface area contributed by atoms with Gasteiger partial charge in [0.2, 0.25) is 0 Å². The van der Waals surface area contributed by atoms with Crippen LogP contribution in [0.4, 0.5) is 4.39 Å². The fourth-order valence-corrected chi connectivity index (χ4v) is 5.66. The van der Waals surface area contributed by atoms with E-state index in [2.05, 4.69) is 4.90 Å². The van der Waals surface area contributed by atoms with Crippen molar-refractivity contribution in [2.45, 2.75) is 24.1 Å². The summed E-state index contributed by atoms with van der Waals surface area (Å²) in [6.07, 6.45) is 0.853. The van der Waals surface area contributed by atoms with Gasteiger partial charge in [-0.05, 0) is 36.2 Å². The van der Waals surface area contributed by atoms with Gasteiger partial charge in [-0.1, -0.05) is 19.1 Å². The zero-order chi connectivity index (χ0) is 17.2. The first kappa shape index (κ1) is 17.5. The second-order valence-corrected chi connectivity index (χ2v) is 9.21. The van der Waals surface area contributed by atoms with Crippen LogP contribution in [-0.4, -0.2) is 43.8 Å². The van der Waals surface area contributed by atoms with Crippen LogP contribution in [0, 0.1) is 5.82 Å². The Morgan fingerprint density at radius 2 is 1.71 bits per heavy atom. The standard InChI is InChI=1S/C17H21FN2O2S2/c1-2-16-7-8-17(23-16)24(21,22)20-11-9-19(10-12-20)13-14-3-5-15(18)6-4-14/h3-8H,2,9-13H2,1H3. The molecule has 0 radical (unpaired) electrons. The van der Waals surface area contributed by atoms with E-state index in [1.54, 1.807) is 22.5 Å². The minimum atomic E-state index is -3.38. The van der Waals surface area contributed by atoms with Crippen LogP contribution < -0.4 is 0 Å². The van der Waals surface area contributed by atoms with Gasteiger partial charge in [-0.3, -0.25) is 4.90 Å². The van der Waals surface area contributed by atoms with E-state index >= 15 is 0 Å². The van der Waals surface area contributed by atoms with Crippen LogP contribution in [0.15, 0.2) is 40.6 Å². The first-order valence-electron chi connectivity index (χ1n) is 8.04. The molecule has 1 aromatic carbocycles. The van der Waals surface area contributed by atoms with E-state index in [9.17, 15) is 12.8 Å². The Balaban J connectivity index is 1.60. The molecule has 2 aromatic rings. The fraction of sp³-hybridized carbons (Fsp3) is 0.412. The molecule has 1 aliphatic heterocycles. The molecular formula is C17H21FN2O2S2. The van der Waals surface area contributed by atoms with Crippen molar-refractivity contribution < 1.29 is 12.8 Å². The van der Waals surface area contributed by atoms with E-state index in [4.69, 9.17) is 0 Å². The molecular weight excluding hydrogens is 347 g/mol. The highest BCUT2D eigenvalue weighted by atomic mass is 32.2. The van der Waals surface area contributed by atoms with E-state index in [0.29, 0.717) is 36.9 Å². The lowest BCUT2D eigenvalue weighted by molar-refractivity contribution is 0.181. The van der Waals surface area contributed by atoms with Gasteiger partial charge in [-0.15, -0.1) is 11.3 Å². The molecule has 1 fully saturated rings. The lowest BCUT2D eigenvalue weighted by Gasteiger charge is -2.33. The number of piperazine rings is 1. The number of aryl methyl sites for hydroxylation is 1. The fourth-order valence-electron chi connectivity index (χ4n) is 2.79. The second kappa shape index (κ2) is 7.31. The van der Waals surface area contributed by atoms with Crippen molar-refractivity contribution >= 4 is 21.4 Å². The Morgan fingerprint density at radius 1 is 1.04 bits per heavy atom. The number of halogens is 1. The molecule has 0 spiro atoms. The third-order valence-electron chi connectivity index (χ3n) is 4.23. The lowest BCUT2D eigenvalue weighted by Crippen LogP contribution is -2.48. The van der Waals surface area contributed by atoms with Gasteiger partial charge in [-0.2, -0.15) is 4.31 Å². The van der Waals surface area contributed by atoms with Crippen LogP contribution in [0.3, 0.4) is 0 Å². The molecule has 0 bridgehead atoms. The molecule has 0 aliphatic carbocycles. The zero-order valence-corrected chi connectivity index (χ0v) is 15.2. The number of hydrogen-bond donors (Lipinski definition) is 0. The van der Waals surface area contributed by atoms with Gasteiger partial charge in [0, 0.05) is 37.6 Å². The minimum Gasteiger partial charge on any atom is -0.296 e. The maximum atomic E-state index is 13.0. The molecule has 1 saturated heterocycles. The predicted molar refractivity (Wildman–Crippen MR) is 94.1 cm³/mol. The second-order valence-electron chi connectivity index (χ2n) is 5.88. The lowest BCUT2D eigenvalue weighted by atomic mass is 10.2. The maximum absolute atomic E-state index is 13.0. The number of nitrogens with zero attached hydrogens (tertiary/aromatic N) is 2. The van der Waals surface area contributed by atoms with E-state index in [1.807, 2.05) is 13.0 Å². The van der Waals surface area contributed by atoms with Crippen molar-refractivity contribution in [3.8, 4) is 0 Å². The molecule has 0 saturated carbocycles. The molecule has 0 atom stereocenters. The van der Waals surface area contributed by atoms with Crippen LogP contribution in [-0.2, 0) is 23.0 Å². The summed E-state index contributed by atoms with van der Waals surface area (Å²) in [6, 6.07) is 10.1. The third-order valence-corrected chi connectivity index (χ3v) is 7.83.